The Morgan fingerprint density at radius 1 is 1.03 bits per heavy atom. The van der Waals surface area contributed by atoms with Crippen molar-refractivity contribution in [2.45, 2.75) is 24.8 Å². The topological polar surface area (TPSA) is 56.6 Å². The number of nitrogens with zero attached hydrogens (tertiary/aromatic N) is 3. The molecule has 1 saturated heterocycles. The van der Waals surface area contributed by atoms with Crippen molar-refractivity contribution in [3.8, 4) is 11.8 Å². The molecule has 0 unspecified atom stereocenters. The highest BCUT2D eigenvalue weighted by Crippen LogP contribution is 2.49. The van der Waals surface area contributed by atoms with Crippen molar-refractivity contribution in [2.24, 2.45) is 0 Å². The monoisotopic (exact) mass is 505 g/mol. The summed E-state index contributed by atoms with van der Waals surface area (Å²) in [5.41, 5.74) is 4.37. The number of piperidine rings is 1. The molecule has 0 saturated carbocycles. The second kappa shape index (κ2) is 9.54. The molecule has 2 aliphatic heterocycles. The van der Waals surface area contributed by atoms with E-state index in [0.29, 0.717) is 27.7 Å². The summed E-state index contributed by atoms with van der Waals surface area (Å²) in [6.45, 7) is 3.31. The van der Waals surface area contributed by atoms with E-state index in [1.54, 1.807) is 25.3 Å². The molecule has 2 heterocycles. The number of amides is 1. The van der Waals surface area contributed by atoms with Crippen LogP contribution in [0.25, 0.3) is 0 Å². The lowest BCUT2D eigenvalue weighted by molar-refractivity contribution is 0.0975. The molecule has 5 rings (SSSR count). The number of hydrogen-bond donors (Lipinski definition) is 0. The fourth-order valence-electron chi connectivity index (χ4n) is 5.25. The van der Waals surface area contributed by atoms with Gasteiger partial charge in [-0.05, 0) is 85.6 Å². The highest BCUT2D eigenvalue weighted by molar-refractivity contribution is 6.42. The van der Waals surface area contributed by atoms with E-state index in [9.17, 15) is 4.79 Å². The maximum Gasteiger partial charge on any atom is 0.258 e. The lowest BCUT2D eigenvalue weighted by atomic mass is 9.74. The molecule has 0 atom stereocenters. The third-order valence-corrected chi connectivity index (χ3v) is 7.98. The number of nitriles is 1. The van der Waals surface area contributed by atoms with Gasteiger partial charge in [0.2, 0.25) is 0 Å². The second-order valence-electron chi connectivity index (χ2n) is 9.27. The second-order valence-corrected chi connectivity index (χ2v) is 10.1. The SMILES string of the molecule is COc1ccc2c(c1)C1(CCN(Cc3ccc(C#N)cc3)CC1)CN2C(=O)c1ccc(Cl)c(Cl)c1. The zero-order valence-corrected chi connectivity index (χ0v) is 20.9. The van der Waals surface area contributed by atoms with Crippen LogP contribution in [0, 0.1) is 11.3 Å². The van der Waals surface area contributed by atoms with Gasteiger partial charge in [0.1, 0.15) is 5.75 Å². The molecule has 3 aromatic rings. The lowest BCUT2D eigenvalue weighted by Crippen LogP contribution is -2.45. The molecule has 0 aromatic heterocycles. The van der Waals surface area contributed by atoms with Crippen LogP contribution in [0.15, 0.2) is 60.7 Å². The van der Waals surface area contributed by atoms with Crippen molar-refractivity contribution in [3.05, 3.63) is 93.0 Å². The van der Waals surface area contributed by atoms with Crippen molar-refractivity contribution in [2.75, 3.05) is 31.6 Å². The summed E-state index contributed by atoms with van der Waals surface area (Å²) in [5.74, 6) is 0.721. The normalized spacial score (nSPS) is 16.7. The van der Waals surface area contributed by atoms with Gasteiger partial charge in [0, 0.05) is 29.8 Å². The first-order chi connectivity index (χ1) is 16.9. The van der Waals surface area contributed by atoms with Gasteiger partial charge in [0.05, 0.1) is 28.8 Å². The fourth-order valence-corrected chi connectivity index (χ4v) is 5.55. The quantitative estimate of drug-likeness (QED) is 0.431. The van der Waals surface area contributed by atoms with Crippen LogP contribution in [0.3, 0.4) is 0 Å². The molecule has 0 radical (unpaired) electrons. The first-order valence-electron chi connectivity index (χ1n) is 11.6. The Kier molecular flexibility index (Phi) is 6.46. The third-order valence-electron chi connectivity index (χ3n) is 7.24. The van der Waals surface area contributed by atoms with Crippen LogP contribution in [0.4, 0.5) is 5.69 Å². The van der Waals surface area contributed by atoms with Crippen LogP contribution < -0.4 is 9.64 Å². The number of ether oxygens (including phenoxy) is 1. The Bertz CT molecular complexity index is 1310. The Morgan fingerprint density at radius 3 is 2.43 bits per heavy atom. The number of carbonyl (C=O) groups is 1. The summed E-state index contributed by atoms with van der Waals surface area (Å²) in [6.07, 6.45) is 1.88. The lowest BCUT2D eigenvalue weighted by Gasteiger charge is -2.40. The maximum atomic E-state index is 13.6. The predicted octanol–water partition coefficient (Wildman–Crippen LogP) is 6.07. The van der Waals surface area contributed by atoms with E-state index in [0.717, 1.165) is 43.9 Å². The minimum absolute atomic E-state index is 0.0770. The number of likely N-dealkylation sites (tertiary alicyclic amines) is 1. The van der Waals surface area contributed by atoms with Gasteiger partial charge in [-0.2, -0.15) is 5.26 Å². The summed E-state index contributed by atoms with van der Waals surface area (Å²) in [4.78, 5) is 17.9. The van der Waals surface area contributed by atoms with Crippen molar-refractivity contribution >= 4 is 34.8 Å². The molecule has 1 spiro atoms. The minimum Gasteiger partial charge on any atom is -0.497 e. The van der Waals surface area contributed by atoms with Crippen LogP contribution >= 0.6 is 23.2 Å². The maximum absolute atomic E-state index is 13.6. The van der Waals surface area contributed by atoms with E-state index >= 15 is 0 Å². The number of fused-ring (bicyclic) bond motifs is 2. The molecule has 3 aromatic carbocycles. The average Bonchev–Trinajstić information content (AvgIpc) is 3.20. The van der Waals surface area contributed by atoms with E-state index in [1.807, 2.05) is 41.3 Å². The van der Waals surface area contributed by atoms with Gasteiger partial charge in [-0.3, -0.25) is 9.69 Å². The first-order valence-corrected chi connectivity index (χ1v) is 12.3. The van der Waals surface area contributed by atoms with Crippen LogP contribution in [0.1, 0.15) is 39.9 Å². The fraction of sp³-hybridized carbons (Fsp3) is 0.286. The van der Waals surface area contributed by atoms with E-state index in [2.05, 4.69) is 17.0 Å². The Hall–Kier alpha value is -3.04. The highest BCUT2D eigenvalue weighted by Gasteiger charge is 2.46. The molecule has 35 heavy (non-hydrogen) atoms. The summed E-state index contributed by atoms with van der Waals surface area (Å²) < 4.78 is 5.53. The number of benzene rings is 3. The number of methoxy groups -OCH3 is 1. The molecule has 1 fully saturated rings. The van der Waals surface area contributed by atoms with E-state index in [1.165, 1.54) is 11.1 Å². The molecular formula is C28H25Cl2N3O2. The molecular weight excluding hydrogens is 481 g/mol. The summed E-state index contributed by atoms with van der Waals surface area (Å²) in [6, 6.07) is 21.0. The number of halogens is 2. The van der Waals surface area contributed by atoms with Gasteiger partial charge in [0.25, 0.3) is 5.91 Å². The molecule has 1 amide bonds. The largest absolute Gasteiger partial charge is 0.497 e. The molecule has 0 N–H and O–H groups in total. The Balaban J connectivity index is 1.39. The summed E-state index contributed by atoms with van der Waals surface area (Å²) in [7, 11) is 1.67. The Labute approximate surface area is 215 Å². The standard InChI is InChI=1S/C28H25Cl2N3O2/c1-35-22-7-9-26-23(15-22)28(18-33(26)27(34)21-6-8-24(29)25(30)14-21)10-12-32(13-11-28)17-20-4-2-19(16-31)3-5-20/h2-9,14-15H,10-13,17-18H2,1H3. The predicted molar refractivity (Wildman–Crippen MR) is 138 cm³/mol. The number of anilines is 1. The van der Waals surface area contributed by atoms with Gasteiger partial charge in [-0.25, -0.2) is 0 Å². The molecule has 5 nitrogen and oxygen atoms in total. The highest BCUT2D eigenvalue weighted by atomic mass is 35.5. The van der Waals surface area contributed by atoms with E-state index in [-0.39, 0.29) is 11.3 Å². The van der Waals surface area contributed by atoms with Crippen LogP contribution in [-0.2, 0) is 12.0 Å². The molecule has 7 heteroatoms. The zero-order chi connectivity index (χ0) is 24.6. The van der Waals surface area contributed by atoms with Crippen LogP contribution in [0.2, 0.25) is 10.0 Å². The molecule has 0 bridgehead atoms. The van der Waals surface area contributed by atoms with E-state index in [4.69, 9.17) is 33.2 Å². The van der Waals surface area contributed by atoms with Crippen LogP contribution in [0.5, 0.6) is 5.75 Å². The van der Waals surface area contributed by atoms with Crippen LogP contribution in [-0.4, -0.2) is 37.6 Å². The van der Waals surface area contributed by atoms with Crippen molar-refractivity contribution in [1.29, 1.82) is 5.26 Å². The molecule has 178 valence electrons. The van der Waals surface area contributed by atoms with Crippen molar-refractivity contribution in [3.63, 3.8) is 0 Å². The smallest absolute Gasteiger partial charge is 0.258 e. The van der Waals surface area contributed by atoms with Gasteiger partial charge in [0.15, 0.2) is 0 Å². The van der Waals surface area contributed by atoms with E-state index < -0.39 is 0 Å². The number of carbonyl (C=O) groups excluding carboxylic acids is 1. The average molecular weight is 506 g/mol. The van der Waals surface area contributed by atoms with Gasteiger partial charge < -0.3 is 9.64 Å². The summed E-state index contributed by atoms with van der Waals surface area (Å²) >= 11 is 12.3. The summed E-state index contributed by atoms with van der Waals surface area (Å²) in [5, 5.41) is 9.84. The van der Waals surface area contributed by atoms with Crippen molar-refractivity contribution < 1.29 is 9.53 Å². The number of hydrogen-bond acceptors (Lipinski definition) is 4. The third kappa shape index (κ3) is 4.50. The molecule has 2 aliphatic rings. The van der Waals surface area contributed by atoms with Gasteiger partial charge in [-0.15, -0.1) is 0 Å². The first kappa shape index (κ1) is 23.7. The van der Waals surface area contributed by atoms with Gasteiger partial charge in [-0.1, -0.05) is 35.3 Å². The van der Waals surface area contributed by atoms with Crippen molar-refractivity contribution in [1.82, 2.24) is 4.90 Å². The Morgan fingerprint density at radius 2 is 1.77 bits per heavy atom. The molecule has 0 aliphatic carbocycles. The van der Waals surface area contributed by atoms with Gasteiger partial charge >= 0.3 is 0 Å². The number of rotatable bonds is 4. The minimum atomic E-state index is -0.128. The zero-order valence-electron chi connectivity index (χ0n) is 19.4.